The second kappa shape index (κ2) is 2.53. The first kappa shape index (κ1) is 9.17. The molecule has 0 aromatic carbocycles. The van der Waals surface area contributed by atoms with Crippen LogP contribution in [0.3, 0.4) is 0 Å². The topological polar surface area (TPSA) is 32.8 Å². The number of epoxide rings is 1. The van der Waals surface area contributed by atoms with E-state index < -0.39 is 0 Å². The van der Waals surface area contributed by atoms with Gasteiger partial charge in [0, 0.05) is 5.41 Å². The molecule has 2 aliphatic carbocycles. The highest BCUT2D eigenvalue weighted by Crippen LogP contribution is 2.67. The summed E-state index contributed by atoms with van der Waals surface area (Å²) in [6.45, 7) is 4.53. The normalized spacial score (nSPS) is 61.5. The lowest BCUT2D eigenvalue weighted by molar-refractivity contribution is -0.0261. The molecule has 3 fully saturated rings. The Hall–Kier alpha value is -0.0800. The first-order valence-corrected chi connectivity index (χ1v) is 5.96. The van der Waals surface area contributed by atoms with Crippen molar-refractivity contribution < 1.29 is 9.84 Å². The maximum absolute atomic E-state index is 10.0. The summed E-state index contributed by atoms with van der Waals surface area (Å²) in [6, 6.07) is 0. The third-order valence-electron chi connectivity index (χ3n) is 5.26. The summed E-state index contributed by atoms with van der Waals surface area (Å²) in [5.74, 6) is 0.501. The molecule has 5 atom stereocenters. The predicted molar refractivity (Wildman–Crippen MR) is 54.0 cm³/mol. The van der Waals surface area contributed by atoms with E-state index in [1.165, 1.54) is 25.7 Å². The van der Waals surface area contributed by atoms with Crippen molar-refractivity contribution in [2.45, 2.75) is 63.8 Å². The van der Waals surface area contributed by atoms with Crippen molar-refractivity contribution in [3.63, 3.8) is 0 Å². The van der Waals surface area contributed by atoms with Gasteiger partial charge in [0.1, 0.15) is 5.60 Å². The minimum atomic E-state index is -0.0653. The van der Waals surface area contributed by atoms with E-state index in [1.54, 1.807) is 0 Å². The number of hydrogen-bond acceptors (Lipinski definition) is 2. The number of aliphatic hydroxyl groups excluding tert-OH is 1. The smallest absolute Gasteiger partial charge is 0.100 e. The van der Waals surface area contributed by atoms with Crippen molar-refractivity contribution in [1.29, 1.82) is 0 Å². The van der Waals surface area contributed by atoms with Gasteiger partial charge in [0.05, 0.1) is 12.2 Å². The van der Waals surface area contributed by atoms with Crippen molar-refractivity contribution >= 4 is 0 Å². The quantitative estimate of drug-likeness (QED) is 0.602. The Kier molecular flexibility index (Phi) is 1.66. The minimum absolute atomic E-state index is 0.0653. The molecule has 3 rings (SSSR count). The molecule has 0 bridgehead atoms. The summed E-state index contributed by atoms with van der Waals surface area (Å²) in [5.41, 5.74) is 0.420. The molecular formula is C12H20O2. The molecule has 0 radical (unpaired) electrons. The summed E-state index contributed by atoms with van der Waals surface area (Å²) < 4.78 is 5.88. The van der Waals surface area contributed by atoms with E-state index in [0.29, 0.717) is 12.0 Å². The minimum Gasteiger partial charge on any atom is -0.393 e. The van der Waals surface area contributed by atoms with Crippen LogP contribution in [0.5, 0.6) is 0 Å². The van der Waals surface area contributed by atoms with E-state index in [-0.39, 0.29) is 17.1 Å². The Morgan fingerprint density at radius 3 is 2.64 bits per heavy atom. The molecule has 0 amide bonds. The maximum Gasteiger partial charge on any atom is 0.100 e. The fraction of sp³-hybridized carbons (Fsp3) is 1.00. The van der Waals surface area contributed by atoms with Crippen LogP contribution in [0.4, 0.5) is 0 Å². The summed E-state index contributed by atoms with van der Waals surface area (Å²) in [5, 5.41) is 10.0. The van der Waals surface area contributed by atoms with E-state index in [1.807, 2.05) is 0 Å². The molecule has 1 aliphatic heterocycles. The number of aliphatic hydroxyl groups is 1. The standard InChI is InChI=1S/C12H20O2/c1-8-12(14-8)7-5-9-10(13)4-3-6-11(9,12)2/h8-10,13H,3-7H2,1-2H3/t8-,9?,10?,11-,12?/m0/s1. The number of ether oxygens (including phenoxy) is 1. The van der Waals surface area contributed by atoms with Gasteiger partial charge in [-0.1, -0.05) is 13.3 Å². The van der Waals surface area contributed by atoms with Crippen LogP contribution in [0.15, 0.2) is 0 Å². The Morgan fingerprint density at radius 2 is 2.00 bits per heavy atom. The molecule has 3 aliphatic rings. The van der Waals surface area contributed by atoms with Gasteiger partial charge in [-0.05, 0) is 38.5 Å². The molecular weight excluding hydrogens is 176 g/mol. The van der Waals surface area contributed by atoms with Crippen LogP contribution in [-0.4, -0.2) is 22.9 Å². The predicted octanol–water partition coefficient (Wildman–Crippen LogP) is 2.10. The number of hydrogen-bond donors (Lipinski definition) is 1. The third-order valence-corrected chi connectivity index (χ3v) is 5.26. The third kappa shape index (κ3) is 0.849. The fourth-order valence-electron chi connectivity index (χ4n) is 4.32. The molecule has 1 heterocycles. The van der Waals surface area contributed by atoms with Crippen LogP contribution in [-0.2, 0) is 4.74 Å². The summed E-state index contributed by atoms with van der Waals surface area (Å²) in [6.07, 6.45) is 6.14. The highest BCUT2D eigenvalue weighted by Gasteiger charge is 2.71. The first-order chi connectivity index (χ1) is 6.60. The van der Waals surface area contributed by atoms with Gasteiger partial charge in [-0.2, -0.15) is 0 Å². The summed E-state index contributed by atoms with van der Waals surface area (Å²) in [4.78, 5) is 0. The monoisotopic (exact) mass is 196 g/mol. The molecule has 1 spiro atoms. The summed E-state index contributed by atoms with van der Waals surface area (Å²) in [7, 11) is 0. The average molecular weight is 196 g/mol. The molecule has 2 heteroatoms. The van der Waals surface area contributed by atoms with Crippen molar-refractivity contribution in [2.75, 3.05) is 0 Å². The van der Waals surface area contributed by atoms with Crippen LogP contribution in [0.1, 0.15) is 46.0 Å². The van der Waals surface area contributed by atoms with Crippen LogP contribution in [0, 0.1) is 11.3 Å². The van der Waals surface area contributed by atoms with Gasteiger partial charge in [-0.25, -0.2) is 0 Å². The lowest BCUT2D eigenvalue weighted by Crippen LogP contribution is -2.44. The molecule has 2 saturated carbocycles. The van der Waals surface area contributed by atoms with Crippen molar-refractivity contribution in [3.8, 4) is 0 Å². The zero-order chi connectivity index (χ0) is 9.97. The average Bonchev–Trinajstić information content (AvgIpc) is 2.67. The SMILES string of the molecule is C[C@@H]1OC12CCC1C(O)CCC[C@@]12C. The van der Waals surface area contributed by atoms with Crippen LogP contribution >= 0.6 is 0 Å². The highest BCUT2D eigenvalue weighted by molar-refractivity contribution is 5.19. The lowest BCUT2D eigenvalue weighted by atomic mass is 9.63. The molecule has 1 N–H and O–H groups in total. The van der Waals surface area contributed by atoms with Gasteiger partial charge in [0.15, 0.2) is 0 Å². The number of fused-ring (bicyclic) bond motifs is 2. The summed E-state index contributed by atoms with van der Waals surface area (Å²) >= 11 is 0. The van der Waals surface area contributed by atoms with Crippen LogP contribution < -0.4 is 0 Å². The van der Waals surface area contributed by atoms with Gasteiger partial charge >= 0.3 is 0 Å². The maximum atomic E-state index is 10.0. The Morgan fingerprint density at radius 1 is 1.29 bits per heavy atom. The van der Waals surface area contributed by atoms with Crippen LogP contribution in [0.2, 0.25) is 0 Å². The second-order valence-corrected chi connectivity index (χ2v) is 5.67. The highest BCUT2D eigenvalue weighted by atomic mass is 16.6. The van der Waals surface area contributed by atoms with E-state index in [9.17, 15) is 5.11 Å². The van der Waals surface area contributed by atoms with Gasteiger partial charge in [0.2, 0.25) is 0 Å². The van der Waals surface area contributed by atoms with Crippen molar-refractivity contribution in [1.82, 2.24) is 0 Å². The second-order valence-electron chi connectivity index (χ2n) is 5.67. The van der Waals surface area contributed by atoms with Crippen molar-refractivity contribution in [3.05, 3.63) is 0 Å². The zero-order valence-electron chi connectivity index (χ0n) is 9.12. The van der Waals surface area contributed by atoms with E-state index >= 15 is 0 Å². The first-order valence-electron chi connectivity index (χ1n) is 5.96. The molecule has 0 aromatic rings. The number of rotatable bonds is 0. The van der Waals surface area contributed by atoms with Crippen LogP contribution in [0.25, 0.3) is 0 Å². The Bertz CT molecular complexity index is 265. The Balaban J connectivity index is 1.94. The van der Waals surface area contributed by atoms with Gasteiger partial charge in [0.25, 0.3) is 0 Å². The molecule has 1 saturated heterocycles. The zero-order valence-corrected chi connectivity index (χ0v) is 9.12. The fourth-order valence-corrected chi connectivity index (χ4v) is 4.32. The lowest BCUT2D eigenvalue weighted by Gasteiger charge is -2.42. The molecule has 0 aromatic heterocycles. The molecule has 14 heavy (non-hydrogen) atoms. The van der Waals surface area contributed by atoms with Crippen molar-refractivity contribution in [2.24, 2.45) is 11.3 Å². The van der Waals surface area contributed by atoms with E-state index in [0.717, 1.165) is 6.42 Å². The molecule has 3 unspecified atom stereocenters. The molecule has 2 nitrogen and oxygen atoms in total. The van der Waals surface area contributed by atoms with Gasteiger partial charge < -0.3 is 9.84 Å². The largest absolute Gasteiger partial charge is 0.393 e. The van der Waals surface area contributed by atoms with Gasteiger partial charge in [-0.3, -0.25) is 0 Å². The molecule has 80 valence electrons. The van der Waals surface area contributed by atoms with E-state index in [4.69, 9.17) is 4.74 Å². The Labute approximate surface area is 85.6 Å². The van der Waals surface area contributed by atoms with Gasteiger partial charge in [-0.15, -0.1) is 0 Å². The van der Waals surface area contributed by atoms with E-state index in [2.05, 4.69) is 13.8 Å².